The van der Waals surface area contributed by atoms with Crippen LogP contribution in [0.15, 0.2) is 91.0 Å². The van der Waals surface area contributed by atoms with Crippen LogP contribution in [0.1, 0.15) is 47.1 Å². The molecule has 47 heavy (non-hydrogen) atoms. The zero-order valence-corrected chi connectivity index (χ0v) is 26.7. The number of esters is 1. The van der Waals surface area contributed by atoms with Crippen molar-refractivity contribution in [2.45, 2.75) is 33.2 Å². The first-order chi connectivity index (χ1) is 22.8. The Morgan fingerprint density at radius 2 is 1.66 bits per heavy atom. The van der Waals surface area contributed by atoms with Gasteiger partial charge in [-0.15, -0.1) is 0 Å². The van der Waals surface area contributed by atoms with Gasteiger partial charge in [-0.25, -0.2) is 0 Å². The van der Waals surface area contributed by atoms with Crippen LogP contribution in [0.4, 0.5) is 17.1 Å². The monoisotopic (exact) mass is 638 g/mol. The third-order valence-electron chi connectivity index (χ3n) is 7.16. The Labute approximate surface area is 273 Å². The van der Waals surface area contributed by atoms with Gasteiger partial charge in [-0.1, -0.05) is 36.4 Å². The number of nitrogens with one attached hydrogen (secondary N) is 3. The molecule has 3 N–H and O–H groups in total. The third kappa shape index (κ3) is 9.10. The predicted octanol–water partition coefficient (Wildman–Crippen LogP) is 5.79. The highest BCUT2D eigenvalue weighted by Crippen LogP contribution is 2.37. The van der Waals surface area contributed by atoms with Crippen molar-refractivity contribution in [1.29, 1.82) is 0 Å². The maximum atomic E-state index is 14.1. The summed E-state index contributed by atoms with van der Waals surface area (Å²) in [6, 6.07) is 28.3. The topological polar surface area (TPSA) is 135 Å². The van der Waals surface area contributed by atoms with Gasteiger partial charge in [0.25, 0.3) is 11.8 Å². The number of fused-ring (bicyclic) bond motifs is 1. The minimum atomic E-state index is -0.552. The quantitative estimate of drug-likeness (QED) is 0.138. The number of amides is 2. The molecule has 0 fully saturated rings. The second-order valence-corrected chi connectivity index (χ2v) is 10.4. The maximum absolute atomic E-state index is 14.1. The fraction of sp³-hybridized carbons (Fsp3) is 0.222. The van der Waals surface area contributed by atoms with E-state index in [1.54, 1.807) is 30.2 Å². The van der Waals surface area contributed by atoms with Crippen LogP contribution in [0.25, 0.3) is 0 Å². The van der Waals surface area contributed by atoms with Gasteiger partial charge in [-0.2, -0.15) is 0 Å². The molecule has 244 valence electrons. The molecule has 11 heteroatoms. The minimum Gasteiger partial charge on any atom is -0.496 e. The second-order valence-electron chi connectivity index (χ2n) is 10.4. The first kappa shape index (κ1) is 34.0. The first-order valence-corrected chi connectivity index (χ1v) is 14.9. The van der Waals surface area contributed by atoms with Crippen molar-refractivity contribution in [3.05, 3.63) is 113 Å². The van der Waals surface area contributed by atoms with Gasteiger partial charge in [0.15, 0.2) is 6.61 Å². The fourth-order valence-corrected chi connectivity index (χ4v) is 4.95. The molecule has 11 nitrogen and oxygen atoms in total. The maximum Gasteiger partial charge on any atom is 0.303 e. The summed E-state index contributed by atoms with van der Waals surface area (Å²) in [5.41, 5.74) is 5.08. The summed E-state index contributed by atoms with van der Waals surface area (Å²) in [5.74, 6) is 0.136. The molecule has 4 aromatic carbocycles. The molecule has 1 atom stereocenters. The van der Waals surface area contributed by atoms with Gasteiger partial charge in [-0.05, 0) is 72.6 Å². The third-order valence-corrected chi connectivity index (χ3v) is 7.16. The Kier molecular flexibility index (Phi) is 11.9. The number of hydrogen-bond acceptors (Lipinski definition) is 9. The van der Waals surface area contributed by atoms with Gasteiger partial charge in [0.2, 0.25) is 0 Å². The van der Waals surface area contributed by atoms with Crippen molar-refractivity contribution in [2.75, 3.05) is 36.7 Å². The molecule has 0 radical (unpaired) electrons. The number of methoxy groups -OCH3 is 1. The second kappa shape index (κ2) is 16.5. The number of ether oxygens (including phenoxy) is 3. The van der Waals surface area contributed by atoms with Crippen LogP contribution >= 0.6 is 0 Å². The van der Waals surface area contributed by atoms with Gasteiger partial charge in [0.05, 0.1) is 12.7 Å². The number of carbonyl (C=O) groups is 4. The molecule has 0 saturated heterocycles. The summed E-state index contributed by atoms with van der Waals surface area (Å²) in [5, 5.41) is 9.30. The zero-order valence-electron chi connectivity index (χ0n) is 26.7. The van der Waals surface area contributed by atoms with Gasteiger partial charge in [0.1, 0.15) is 30.6 Å². The summed E-state index contributed by atoms with van der Waals surface area (Å²) in [6.45, 7) is 2.87. The average molecular weight is 639 g/mol. The van der Waals surface area contributed by atoms with Crippen LogP contribution in [-0.2, 0) is 32.3 Å². The Hall–Kier alpha value is -5.84. The lowest BCUT2D eigenvalue weighted by molar-refractivity contribution is -0.144. The van der Waals surface area contributed by atoms with Crippen LogP contribution in [0.2, 0.25) is 0 Å². The molecule has 1 aliphatic rings. The summed E-state index contributed by atoms with van der Waals surface area (Å²) in [4.78, 5) is 48.0. The Morgan fingerprint density at radius 3 is 2.32 bits per heavy atom. The summed E-state index contributed by atoms with van der Waals surface area (Å²) in [7, 11) is 3.48. The Balaban J connectivity index is 0.00000160. The van der Waals surface area contributed by atoms with E-state index in [0.29, 0.717) is 29.2 Å². The van der Waals surface area contributed by atoms with Crippen molar-refractivity contribution >= 4 is 41.1 Å². The van der Waals surface area contributed by atoms with Crippen LogP contribution < -0.4 is 25.4 Å². The predicted molar refractivity (Wildman–Crippen MR) is 179 cm³/mol. The van der Waals surface area contributed by atoms with E-state index in [9.17, 15) is 14.4 Å². The number of rotatable bonds is 11. The molecule has 4 aromatic rings. The lowest BCUT2D eigenvalue weighted by Gasteiger charge is -2.38. The first-order valence-electron chi connectivity index (χ1n) is 14.9. The molecule has 0 aromatic heterocycles. The molecule has 5 rings (SSSR count). The molecular weight excluding hydrogens is 600 g/mol. The minimum absolute atomic E-state index is 0.207. The fourth-order valence-electron chi connectivity index (χ4n) is 4.95. The SMILES string of the molecule is CC=O.CNc1ccc(OCc2cc(C3Nc4ccc(NC(=O)COC(C)=O)cc4C(=O)N3Cc3ccccc3)ccc2OC)cc1. The molecule has 2 amide bonds. The average Bonchev–Trinajstić information content (AvgIpc) is 3.08. The van der Waals surface area contributed by atoms with Crippen LogP contribution in [0.3, 0.4) is 0 Å². The van der Waals surface area contributed by atoms with Gasteiger partial charge < -0.3 is 39.9 Å². The van der Waals surface area contributed by atoms with E-state index in [1.165, 1.54) is 13.8 Å². The van der Waals surface area contributed by atoms with Gasteiger partial charge in [0, 0.05) is 43.1 Å². The number of nitrogens with zero attached hydrogens (tertiary/aromatic N) is 1. The molecule has 0 bridgehead atoms. The van der Waals surface area contributed by atoms with E-state index in [4.69, 9.17) is 19.0 Å². The number of hydrogen-bond donors (Lipinski definition) is 3. The van der Waals surface area contributed by atoms with Crippen molar-refractivity contribution in [2.24, 2.45) is 0 Å². The molecule has 0 spiro atoms. The van der Waals surface area contributed by atoms with E-state index < -0.39 is 24.6 Å². The van der Waals surface area contributed by atoms with Gasteiger partial charge >= 0.3 is 5.97 Å². The summed E-state index contributed by atoms with van der Waals surface area (Å²) in [6.07, 6.45) is 0.249. The van der Waals surface area contributed by atoms with Crippen molar-refractivity contribution in [1.82, 2.24) is 4.90 Å². The normalized spacial score (nSPS) is 13.1. The van der Waals surface area contributed by atoms with Gasteiger partial charge in [-0.3, -0.25) is 14.4 Å². The van der Waals surface area contributed by atoms with Crippen LogP contribution in [-0.4, -0.2) is 49.7 Å². The smallest absolute Gasteiger partial charge is 0.303 e. The van der Waals surface area contributed by atoms with Crippen LogP contribution in [0, 0.1) is 0 Å². The number of carbonyl (C=O) groups excluding carboxylic acids is 4. The van der Waals surface area contributed by atoms with Crippen molar-refractivity contribution < 1.29 is 33.4 Å². The lowest BCUT2D eigenvalue weighted by Crippen LogP contribution is -2.42. The van der Waals surface area contributed by atoms with E-state index in [1.807, 2.05) is 79.8 Å². The van der Waals surface area contributed by atoms with E-state index >= 15 is 0 Å². The van der Waals surface area contributed by atoms with E-state index in [-0.39, 0.29) is 12.5 Å². The molecule has 1 heterocycles. The molecule has 0 saturated carbocycles. The largest absolute Gasteiger partial charge is 0.496 e. The number of benzene rings is 4. The van der Waals surface area contributed by atoms with Crippen molar-refractivity contribution in [3.8, 4) is 11.5 Å². The highest BCUT2D eigenvalue weighted by atomic mass is 16.5. The molecule has 1 aliphatic heterocycles. The van der Waals surface area contributed by atoms with E-state index in [0.717, 1.165) is 34.4 Å². The Bertz CT molecular complexity index is 1690. The summed E-state index contributed by atoms with van der Waals surface area (Å²) >= 11 is 0. The Morgan fingerprint density at radius 1 is 0.957 bits per heavy atom. The highest BCUT2D eigenvalue weighted by molar-refractivity contribution is 6.04. The summed E-state index contributed by atoms with van der Waals surface area (Å²) < 4.78 is 16.5. The molecule has 0 aliphatic carbocycles. The molecule has 1 unspecified atom stereocenters. The number of anilines is 3. The highest BCUT2D eigenvalue weighted by Gasteiger charge is 2.34. The van der Waals surface area contributed by atoms with Crippen LogP contribution in [0.5, 0.6) is 11.5 Å². The van der Waals surface area contributed by atoms with Crippen molar-refractivity contribution in [3.63, 3.8) is 0 Å². The van der Waals surface area contributed by atoms with E-state index in [2.05, 4.69) is 16.0 Å². The standard InChI is InChI=1S/C34H34N4O6.C2H4O/c1-22(39)43-21-32(40)36-27-12-15-30-29(18-27)34(41)38(19-23-7-5-4-6-8-23)33(37-30)24-9-16-31(42-3)25(17-24)20-44-28-13-10-26(35-2)11-14-28;1-2-3/h4-18,33,35,37H,19-21H2,1-3H3,(H,36,40);2H,1H3. The molecular formula is C36H38N4O7. The lowest BCUT2D eigenvalue weighted by atomic mass is 10.00. The number of aldehydes is 1. The zero-order chi connectivity index (χ0) is 33.8.